The van der Waals surface area contributed by atoms with E-state index in [1.54, 1.807) is 0 Å². The molecule has 12 heteroatoms. The molecule has 5 heterocycles. The SMILES string of the molecule is CC(C)(C)c1ccc(Oc2cccc3c2-c2nc-3nc3[nH]c(nc4nc(nc5[nH]c(n2)c2cccc(Oc6ccc(C(C)(C)C)cc6)c52)-c2c(Oc5ccc(C(C)(C)C)cc5)cccc2-4)c2c(Oc4ccc(C(C)(C)C)cc4)cccc32)cc1. The van der Waals surface area contributed by atoms with Crippen LogP contribution >= 0.6 is 0 Å². The summed E-state index contributed by atoms with van der Waals surface area (Å²) in [6, 6.07) is 56.5. The fourth-order valence-corrected chi connectivity index (χ4v) is 10.8. The van der Waals surface area contributed by atoms with Crippen molar-refractivity contribution >= 4 is 44.1 Å². The quantitative estimate of drug-likeness (QED) is 0.151. The average molecular weight is 1110 g/mol. The molecule has 2 N–H and O–H groups in total. The van der Waals surface area contributed by atoms with Gasteiger partial charge in [0.05, 0.1) is 21.9 Å². The summed E-state index contributed by atoms with van der Waals surface area (Å²) in [5, 5.41) is 2.87. The number of H-pyrrole nitrogens is 2. The van der Waals surface area contributed by atoms with Crippen molar-refractivity contribution in [1.82, 2.24) is 39.9 Å². The van der Waals surface area contributed by atoms with Gasteiger partial charge in [-0.15, -0.1) is 0 Å². The van der Waals surface area contributed by atoms with Crippen LogP contribution in [0.25, 0.3) is 89.7 Å². The maximum atomic E-state index is 6.86. The lowest BCUT2D eigenvalue weighted by molar-refractivity contribution is 0.483. The van der Waals surface area contributed by atoms with Crippen LogP contribution in [0, 0.1) is 0 Å². The second-order valence-corrected chi connectivity index (χ2v) is 25.8. The van der Waals surface area contributed by atoms with Crippen molar-refractivity contribution in [2.75, 3.05) is 0 Å². The third-order valence-corrected chi connectivity index (χ3v) is 15.6. The van der Waals surface area contributed by atoms with Crippen LogP contribution in [0.2, 0.25) is 0 Å². The molecule has 13 rings (SSSR count). The highest BCUT2D eigenvalue weighted by molar-refractivity contribution is 6.10. The minimum atomic E-state index is -0.0430. The van der Waals surface area contributed by atoms with E-state index in [0.29, 0.717) is 119 Å². The number of ether oxygens (including phenoxy) is 4. The lowest BCUT2D eigenvalue weighted by Crippen LogP contribution is -2.10. The second kappa shape index (κ2) is 20.0. The van der Waals surface area contributed by atoms with Gasteiger partial charge in [0.1, 0.15) is 68.6 Å². The molecule has 0 amide bonds. The zero-order valence-electron chi connectivity index (χ0n) is 49.5. The largest absolute Gasteiger partial charge is 0.457 e. The molecular formula is C72H66N8O4. The molecule has 0 saturated carbocycles. The maximum Gasteiger partial charge on any atom is 0.168 e. The number of nitrogens with one attached hydrogen (secondary N) is 2. The highest BCUT2D eigenvalue weighted by Crippen LogP contribution is 2.47. The molecule has 12 nitrogen and oxygen atoms in total. The zero-order valence-corrected chi connectivity index (χ0v) is 49.5. The standard InChI is InChI=1S/C72H66N8O4/c1-69(2,3)41-25-33-45(34-26-41)81-53-21-13-17-49-57(53)65-74-61(49)73-62-50-18-14-22-54(82-46-35-27-42(28-36-46)70(4,5)6)58(50)66(75-62)77-64-52-20-16-24-56(84-48-39-31-44(32-40-48)72(10,11)12)60(52)68(79-64)80-67-59-51(63(76-65)78-67)19-15-23-55(59)83-47-37-29-43(30-38-47)71(7,8)9/h13-40H,1-12H3,(H2,73,74,75,76,77,78,79,80). The van der Waals surface area contributed by atoms with Crippen LogP contribution in [0.1, 0.15) is 105 Å². The van der Waals surface area contributed by atoms with E-state index in [-0.39, 0.29) is 21.7 Å². The molecule has 0 spiro atoms. The zero-order chi connectivity index (χ0) is 58.5. The minimum absolute atomic E-state index is 0.0364. The fraction of sp³-hybridized carbons (Fsp3) is 0.222. The number of fused-ring (bicyclic) bond motifs is 20. The number of nitrogens with zero attached hydrogens (tertiary/aromatic N) is 6. The summed E-state index contributed by atoms with van der Waals surface area (Å²) < 4.78 is 27.4. The molecule has 0 radical (unpaired) electrons. The molecule has 0 aliphatic carbocycles. The Morgan fingerprint density at radius 3 is 0.881 bits per heavy atom. The third-order valence-electron chi connectivity index (χ3n) is 15.6. The average Bonchev–Trinajstić information content (AvgIpc) is 3.50. The molecule has 418 valence electrons. The number of benzene rings is 8. The van der Waals surface area contributed by atoms with Gasteiger partial charge in [-0.3, -0.25) is 0 Å². The number of aromatic amines is 2. The Hall–Kier alpha value is -9.68. The van der Waals surface area contributed by atoms with Crippen molar-refractivity contribution in [3.63, 3.8) is 0 Å². The highest BCUT2D eigenvalue weighted by Gasteiger charge is 2.29. The first kappa shape index (κ1) is 53.6. The van der Waals surface area contributed by atoms with Gasteiger partial charge in [0, 0.05) is 21.9 Å². The van der Waals surface area contributed by atoms with Crippen molar-refractivity contribution in [3.8, 4) is 91.5 Å². The Bertz CT molecular complexity index is 4560. The van der Waals surface area contributed by atoms with Crippen molar-refractivity contribution in [2.45, 2.75) is 105 Å². The van der Waals surface area contributed by atoms with Gasteiger partial charge in [0.15, 0.2) is 23.3 Å². The van der Waals surface area contributed by atoms with E-state index in [1.165, 1.54) is 22.3 Å². The predicted octanol–water partition coefficient (Wildman–Crippen LogP) is 19.2. The number of rotatable bonds is 8. The molecule has 0 atom stereocenters. The van der Waals surface area contributed by atoms with Gasteiger partial charge in [0.2, 0.25) is 0 Å². The minimum Gasteiger partial charge on any atom is -0.457 e. The first-order valence-electron chi connectivity index (χ1n) is 28.6. The molecule has 8 bridgehead atoms. The van der Waals surface area contributed by atoms with E-state index in [2.05, 4.69) is 142 Å². The van der Waals surface area contributed by atoms with E-state index in [4.69, 9.17) is 48.9 Å². The summed E-state index contributed by atoms with van der Waals surface area (Å²) in [7, 11) is 0. The maximum absolute atomic E-state index is 6.86. The monoisotopic (exact) mass is 1110 g/mol. The van der Waals surface area contributed by atoms with Gasteiger partial charge in [-0.2, -0.15) is 0 Å². The van der Waals surface area contributed by atoms with Crippen LogP contribution in [0.3, 0.4) is 0 Å². The second-order valence-electron chi connectivity index (χ2n) is 25.8. The van der Waals surface area contributed by atoms with Crippen molar-refractivity contribution < 1.29 is 18.9 Å². The number of hydrogen-bond donors (Lipinski definition) is 2. The Labute approximate surface area is 489 Å². The van der Waals surface area contributed by atoms with Crippen molar-refractivity contribution in [2.24, 2.45) is 0 Å². The van der Waals surface area contributed by atoms with Crippen LogP contribution in [-0.4, -0.2) is 39.9 Å². The Morgan fingerprint density at radius 1 is 0.274 bits per heavy atom. The van der Waals surface area contributed by atoms with Crippen LogP contribution in [0.4, 0.5) is 0 Å². The van der Waals surface area contributed by atoms with Crippen molar-refractivity contribution in [3.05, 3.63) is 192 Å². The molecule has 0 saturated heterocycles. The van der Waals surface area contributed by atoms with Gasteiger partial charge >= 0.3 is 0 Å². The smallest absolute Gasteiger partial charge is 0.168 e. The summed E-state index contributed by atoms with van der Waals surface area (Å²) in [6.45, 7) is 26.4. The topological polar surface area (TPSA) is 146 Å². The fourth-order valence-electron chi connectivity index (χ4n) is 10.8. The van der Waals surface area contributed by atoms with Crippen LogP contribution in [-0.2, 0) is 21.7 Å². The predicted molar refractivity (Wildman–Crippen MR) is 337 cm³/mol. The summed E-state index contributed by atoms with van der Waals surface area (Å²) in [6.07, 6.45) is 0. The van der Waals surface area contributed by atoms with Gasteiger partial charge in [0.25, 0.3) is 0 Å². The van der Waals surface area contributed by atoms with Gasteiger partial charge in [-0.05, 0) is 117 Å². The molecule has 0 fully saturated rings. The molecule has 0 unspecified atom stereocenters. The summed E-state index contributed by atoms with van der Waals surface area (Å²) in [5.41, 5.74) is 9.29. The molecule has 11 aromatic rings. The Kier molecular flexibility index (Phi) is 12.8. The molecule has 2 aliphatic rings. The first-order valence-corrected chi connectivity index (χ1v) is 28.6. The summed E-state index contributed by atoms with van der Waals surface area (Å²) >= 11 is 0. The van der Waals surface area contributed by atoms with Crippen LogP contribution < -0.4 is 18.9 Å². The van der Waals surface area contributed by atoms with E-state index in [0.717, 1.165) is 16.3 Å². The van der Waals surface area contributed by atoms with E-state index in [9.17, 15) is 0 Å². The first-order chi connectivity index (χ1) is 40.1. The third kappa shape index (κ3) is 10.2. The van der Waals surface area contributed by atoms with Crippen molar-refractivity contribution in [1.29, 1.82) is 0 Å². The summed E-state index contributed by atoms with van der Waals surface area (Å²) in [5.74, 6) is 6.48. The van der Waals surface area contributed by atoms with Gasteiger partial charge in [-0.25, -0.2) is 29.9 Å². The normalized spacial score (nSPS) is 12.5. The van der Waals surface area contributed by atoms with E-state index in [1.807, 2.05) is 121 Å². The van der Waals surface area contributed by atoms with Crippen LogP contribution in [0.15, 0.2) is 170 Å². The Morgan fingerprint density at radius 2 is 0.548 bits per heavy atom. The molecule has 3 aromatic heterocycles. The van der Waals surface area contributed by atoms with Gasteiger partial charge in [-0.1, -0.05) is 180 Å². The van der Waals surface area contributed by atoms with E-state index >= 15 is 0 Å². The lowest BCUT2D eigenvalue weighted by Gasteiger charge is -2.19. The molecule has 2 aliphatic heterocycles. The summed E-state index contributed by atoms with van der Waals surface area (Å²) in [4.78, 5) is 39.7. The van der Waals surface area contributed by atoms with Crippen LogP contribution in [0.5, 0.6) is 46.0 Å². The lowest BCUT2D eigenvalue weighted by atomic mass is 9.87. The molecule has 8 aromatic carbocycles. The number of aromatic nitrogens is 8. The van der Waals surface area contributed by atoms with Gasteiger partial charge < -0.3 is 28.9 Å². The molecule has 84 heavy (non-hydrogen) atoms. The number of hydrogen-bond acceptors (Lipinski definition) is 10. The van der Waals surface area contributed by atoms with E-state index < -0.39 is 0 Å². The molecular weight excluding hydrogens is 1040 g/mol. The highest BCUT2D eigenvalue weighted by atomic mass is 16.5. The Balaban J connectivity index is 1.10.